The number of hydrogen-bond donors (Lipinski definition) is 1. The zero-order valence-corrected chi connectivity index (χ0v) is 21.0. The van der Waals surface area contributed by atoms with Crippen LogP contribution < -0.4 is 15.2 Å². The molecule has 2 atom stereocenters. The predicted molar refractivity (Wildman–Crippen MR) is 125 cm³/mol. The summed E-state index contributed by atoms with van der Waals surface area (Å²) in [7, 11) is 1.23. The smallest absolute Gasteiger partial charge is 0.326 e. The van der Waals surface area contributed by atoms with Gasteiger partial charge in [-0.3, -0.25) is 19.2 Å². The van der Waals surface area contributed by atoms with Gasteiger partial charge in [-0.15, -0.1) is 0 Å². The first-order valence-electron chi connectivity index (χ1n) is 11.5. The van der Waals surface area contributed by atoms with E-state index in [2.05, 4.69) is 0 Å². The van der Waals surface area contributed by atoms with Crippen LogP contribution in [0.15, 0.2) is 18.2 Å². The normalized spacial score (nSPS) is 13.5. The van der Waals surface area contributed by atoms with Crippen LogP contribution in [0.2, 0.25) is 0 Å². The Balaban J connectivity index is 3.12. The summed E-state index contributed by atoms with van der Waals surface area (Å²) < 4.78 is 20.9. The SMILES string of the molecule is CCC(=O)Oc1ccc(CC(N)(C[C@H](C)OC(=O)CCC(C)C)C(=O)OC)cc1OC(=O)CC. The molecule has 34 heavy (non-hydrogen) atoms. The van der Waals surface area contributed by atoms with E-state index in [0.717, 1.165) is 0 Å². The Labute approximate surface area is 201 Å². The van der Waals surface area contributed by atoms with Crippen molar-refractivity contribution < 1.29 is 38.1 Å². The van der Waals surface area contributed by atoms with Gasteiger partial charge in [0.25, 0.3) is 0 Å². The van der Waals surface area contributed by atoms with Crippen LogP contribution in [0.5, 0.6) is 11.5 Å². The van der Waals surface area contributed by atoms with Crippen molar-refractivity contribution in [1.29, 1.82) is 0 Å². The fourth-order valence-electron chi connectivity index (χ4n) is 3.26. The van der Waals surface area contributed by atoms with E-state index < -0.39 is 29.6 Å². The molecule has 0 aromatic heterocycles. The monoisotopic (exact) mass is 479 g/mol. The van der Waals surface area contributed by atoms with Gasteiger partial charge < -0.3 is 24.7 Å². The topological polar surface area (TPSA) is 131 Å². The van der Waals surface area contributed by atoms with E-state index in [1.165, 1.54) is 19.2 Å². The van der Waals surface area contributed by atoms with Crippen molar-refractivity contribution >= 4 is 23.9 Å². The second-order valence-electron chi connectivity index (χ2n) is 8.70. The maximum atomic E-state index is 12.6. The lowest BCUT2D eigenvalue weighted by molar-refractivity contribution is -0.155. The van der Waals surface area contributed by atoms with Crippen LogP contribution in [0.25, 0.3) is 0 Å². The molecule has 1 aromatic rings. The fraction of sp³-hybridized carbons (Fsp3) is 0.600. The number of hydrogen-bond acceptors (Lipinski definition) is 9. The second kappa shape index (κ2) is 13.7. The van der Waals surface area contributed by atoms with Gasteiger partial charge in [-0.25, -0.2) is 0 Å². The first-order valence-corrected chi connectivity index (χ1v) is 11.5. The van der Waals surface area contributed by atoms with Crippen LogP contribution in [-0.2, 0) is 35.1 Å². The Morgan fingerprint density at radius 2 is 1.53 bits per heavy atom. The van der Waals surface area contributed by atoms with Gasteiger partial charge in [-0.1, -0.05) is 33.8 Å². The molecule has 0 spiro atoms. The molecule has 0 radical (unpaired) electrons. The Bertz CT molecular complexity index is 866. The number of benzene rings is 1. The number of nitrogens with two attached hydrogens (primary N) is 1. The highest BCUT2D eigenvalue weighted by molar-refractivity contribution is 5.81. The summed E-state index contributed by atoms with van der Waals surface area (Å²) in [6.07, 6.45) is 0.632. The Morgan fingerprint density at radius 1 is 0.941 bits per heavy atom. The zero-order chi connectivity index (χ0) is 25.9. The van der Waals surface area contributed by atoms with E-state index in [1.54, 1.807) is 26.8 Å². The van der Waals surface area contributed by atoms with Crippen molar-refractivity contribution in [3.8, 4) is 11.5 Å². The third-order valence-electron chi connectivity index (χ3n) is 5.05. The molecule has 0 fully saturated rings. The van der Waals surface area contributed by atoms with E-state index in [4.69, 9.17) is 24.7 Å². The fourth-order valence-corrected chi connectivity index (χ4v) is 3.26. The molecular formula is C25H37NO8. The first-order chi connectivity index (χ1) is 15.9. The molecule has 0 heterocycles. The summed E-state index contributed by atoms with van der Waals surface area (Å²) in [5.74, 6) is -1.54. The number of methoxy groups -OCH3 is 1. The Hall–Kier alpha value is -2.94. The van der Waals surface area contributed by atoms with Crippen molar-refractivity contribution in [2.45, 2.75) is 84.8 Å². The lowest BCUT2D eigenvalue weighted by atomic mass is 9.86. The molecule has 0 aliphatic carbocycles. The van der Waals surface area contributed by atoms with Crippen LogP contribution in [0.4, 0.5) is 0 Å². The minimum absolute atomic E-state index is 0.00619. The summed E-state index contributed by atoms with van der Waals surface area (Å²) in [5.41, 5.74) is 5.47. The highest BCUT2D eigenvalue weighted by Crippen LogP contribution is 2.31. The maximum absolute atomic E-state index is 12.6. The maximum Gasteiger partial charge on any atom is 0.326 e. The highest BCUT2D eigenvalue weighted by atomic mass is 16.6. The number of carbonyl (C=O) groups is 4. The highest BCUT2D eigenvalue weighted by Gasteiger charge is 2.38. The molecule has 9 nitrogen and oxygen atoms in total. The largest absolute Gasteiger partial charge is 0.468 e. The Kier molecular flexibility index (Phi) is 11.7. The summed E-state index contributed by atoms with van der Waals surface area (Å²) in [4.78, 5) is 48.3. The first kappa shape index (κ1) is 29.1. The average molecular weight is 480 g/mol. The van der Waals surface area contributed by atoms with Crippen molar-refractivity contribution in [1.82, 2.24) is 0 Å². The van der Waals surface area contributed by atoms with Crippen molar-refractivity contribution in [2.75, 3.05) is 7.11 Å². The van der Waals surface area contributed by atoms with Crippen LogP contribution in [-0.4, -0.2) is 42.6 Å². The summed E-state index contributed by atoms with van der Waals surface area (Å²) in [6, 6.07) is 4.59. The molecule has 1 rings (SSSR count). The molecule has 0 aliphatic heterocycles. The number of carbonyl (C=O) groups excluding carboxylic acids is 4. The third-order valence-corrected chi connectivity index (χ3v) is 5.05. The lowest BCUT2D eigenvalue weighted by Gasteiger charge is -2.29. The van der Waals surface area contributed by atoms with E-state index in [0.29, 0.717) is 17.9 Å². The molecule has 1 aromatic carbocycles. The quantitative estimate of drug-likeness (QED) is 0.333. The summed E-state index contributed by atoms with van der Waals surface area (Å²) in [5, 5.41) is 0. The molecular weight excluding hydrogens is 442 g/mol. The molecule has 0 saturated carbocycles. The van der Waals surface area contributed by atoms with Gasteiger partial charge >= 0.3 is 23.9 Å². The molecule has 0 aliphatic rings. The minimum Gasteiger partial charge on any atom is -0.468 e. The lowest BCUT2D eigenvalue weighted by Crippen LogP contribution is -2.53. The number of esters is 4. The molecule has 2 N–H and O–H groups in total. The third kappa shape index (κ3) is 9.51. The summed E-state index contributed by atoms with van der Waals surface area (Å²) in [6.45, 7) is 8.97. The molecule has 0 saturated heterocycles. The number of ether oxygens (including phenoxy) is 4. The molecule has 9 heteroatoms. The van der Waals surface area contributed by atoms with E-state index >= 15 is 0 Å². The van der Waals surface area contributed by atoms with Gasteiger partial charge in [-0.05, 0) is 37.0 Å². The van der Waals surface area contributed by atoms with E-state index in [9.17, 15) is 19.2 Å². The van der Waals surface area contributed by atoms with Crippen LogP contribution in [0.3, 0.4) is 0 Å². The van der Waals surface area contributed by atoms with Gasteiger partial charge in [0, 0.05) is 32.1 Å². The van der Waals surface area contributed by atoms with E-state index in [1.807, 2.05) is 13.8 Å². The molecule has 0 amide bonds. The van der Waals surface area contributed by atoms with Crippen LogP contribution in [0, 0.1) is 5.92 Å². The van der Waals surface area contributed by atoms with Gasteiger partial charge in [0.15, 0.2) is 11.5 Å². The van der Waals surface area contributed by atoms with Gasteiger partial charge in [-0.2, -0.15) is 0 Å². The van der Waals surface area contributed by atoms with Gasteiger partial charge in [0.1, 0.15) is 11.6 Å². The minimum atomic E-state index is -1.51. The predicted octanol–water partition coefficient (Wildman–Crippen LogP) is 3.49. The molecule has 0 bridgehead atoms. The summed E-state index contributed by atoms with van der Waals surface area (Å²) >= 11 is 0. The van der Waals surface area contributed by atoms with Gasteiger partial charge in [0.2, 0.25) is 0 Å². The van der Waals surface area contributed by atoms with Gasteiger partial charge in [0.05, 0.1) is 7.11 Å². The molecule has 190 valence electrons. The average Bonchev–Trinajstić information content (AvgIpc) is 2.78. The van der Waals surface area contributed by atoms with Crippen LogP contribution >= 0.6 is 0 Å². The standard InChI is InChI=1S/C25H37NO8/c1-7-21(27)33-19-11-10-18(13-20(19)34-22(28)8-2)15-25(26,24(30)31-6)14-17(5)32-23(29)12-9-16(3)4/h10-11,13,16-17H,7-9,12,14-15,26H2,1-6H3/t17-,25?/m0/s1. The zero-order valence-electron chi connectivity index (χ0n) is 21.0. The second-order valence-corrected chi connectivity index (χ2v) is 8.70. The Morgan fingerprint density at radius 3 is 2.06 bits per heavy atom. The van der Waals surface area contributed by atoms with Crippen molar-refractivity contribution in [3.05, 3.63) is 23.8 Å². The van der Waals surface area contributed by atoms with Crippen molar-refractivity contribution in [3.63, 3.8) is 0 Å². The van der Waals surface area contributed by atoms with Crippen LogP contribution in [0.1, 0.15) is 72.3 Å². The molecule has 1 unspecified atom stereocenters. The van der Waals surface area contributed by atoms with Crippen molar-refractivity contribution in [2.24, 2.45) is 11.7 Å². The van der Waals surface area contributed by atoms with E-state index in [-0.39, 0.29) is 49.6 Å². The number of rotatable bonds is 13.